The van der Waals surface area contributed by atoms with Gasteiger partial charge in [-0.25, -0.2) is 0 Å². The molecule has 0 amide bonds. The maximum Gasteiger partial charge on any atom is 0.137 e. The van der Waals surface area contributed by atoms with Crippen molar-refractivity contribution in [3.8, 4) is 45.3 Å². The average molecular weight is 1540 g/mol. The summed E-state index contributed by atoms with van der Waals surface area (Å²) in [6, 6.07) is 145. The highest BCUT2D eigenvalue weighted by atomic mass is 32.1. The number of benzene rings is 18. The SMILES string of the molecule is CC1(C)c2ccccc2-c2c(-n3c4ccccc4c4cc5c(cc43)c3ccccc3n5-c3ccccc3)cccc21.c1ccc(-n2c3ccccc3c3cc4c(cc32)c2ccccc2n4-c2cccc3oc4ccccc4c23)cc1.c1ccc(-n2c3ccccc3c3cc4c(cc32)c2ccccc2n4-c2cccc3sc4ccccc4c23)cc1. The molecule has 0 saturated carbocycles. The molecule has 27 rings (SSSR count). The summed E-state index contributed by atoms with van der Waals surface area (Å²) in [7, 11) is 0. The Kier molecular flexibility index (Phi) is 14.6. The van der Waals surface area contributed by atoms with E-state index in [1.165, 1.54) is 202 Å². The van der Waals surface area contributed by atoms with Gasteiger partial charge in [0.25, 0.3) is 0 Å². The first-order valence-electron chi connectivity index (χ1n) is 41.0. The van der Waals surface area contributed by atoms with E-state index in [1.54, 1.807) is 0 Å². The molecule has 7 nitrogen and oxygen atoms in total. The van der Waals surface area contributed by atoms with Gasteiger partial charge in [-0.2, -0.15) is 0 Å². The summed E-state index contributed by atoms with van der Waals surface area (Å²) in [6.07, 6.45) is 0. The molecule has 0 spiro atoms. The van der Waals surface area contributed by atoms with Gasteiger partial charge in [-0.1, -0.05) is 263 Å². The summed E-state index contributed by atoms with van der Waals surface area (Å²) < 4.78 is 23.6. The Balaban J connectivity index is 0.0000000992. The summed E-state index contributed by atoms with van der Waals surface area (Å²) >= 11 is 1.87. The van der Waals surface area contributed by atoms with Crippen LogP contribution in [0.2, 0.25) is 0 Å². The van der Waals surface area contributed by atoms with Gasteiger partial charge < -0.3 is 31.8 Å². The van der Waals surface area contributed by atoms with Crippen LogP contribution in [0.25, 0.3) is 218 Å². The molecule has 1 aliphatic rings. The van der Waals surface area contributed by atoms with Crippen molar-refractivity contribution in [2.75, 3.05) is 0 Å². The topological polar surface area (TPSA) is 42.7 Å². The summed E-state index contributed by atoms with van der Waals surface area (Å²) in [5.74, 6) is 0. The van der Waals surface area contributed by atoms with E-state index in [0.29, 0.717) is 0 Å². The number of furan rings is 1. The molecule has 0 atom stereocenters. The Labute approximate surface area is 687 Å². The minimum atomic E-state index is -0.0446. The third kappa shape index (κ3) is 9.84. The van der Waals surface area contributed by atoms with Gasteiger partial charge >= 0.3 is 0 Å². The van der Waals surface area contributed by atoms with Crippen LogP contribution in [0.4, 0.5) is 0 Å². The van der Waals surface area contributed by atoms with E-state index in [0.717, 1.165) is 27.6 Å². The highest BCUT2D eigenvalue weighted by Gasteiger charge is 2.38. The van der Waals surface area contributed by atoms with E-state index >= 15 is 0 Å². The maximum atomic E-state index is 6.28. The molecular formula is C111H72N6OS. The van der Waals surface area contributed by atoms with E-state index in [9.17, 15) is 0 Å². The van der Waals surface area contributed by atoms with Gasteiger partial charge in [0.1, 0.15) is 11.2 Å². The van der Waals surface area contributed by atoms with E-state index in [4.69, 9.17) is 4.42 Å². The lowest BCUT2D eigenvalue weighted by atomic mass is 9.82. The Bertz CT molecular complexity index is 8370. The molecule has 1 aliphatic carbocycles. The van der Waals surface area contributed by atoms with Crippen LogP contribution in [-0.4, -0.2) is 27.4 Å². The van der Waals surface area contributed by atoms with Crippen molar-refractivity contribution >= 4 is 184 Å². The second-order valence-electron chi connectivity index (χ2n) is 32.1. The Morgan fingerprint density at radius 2 is 0.513 bits per heavy atom. The Morgan fingerprint density at radius 3 is 0.966 bits per heavy atom. The highest BCUT2D eigenvalue weighted by molar-refractivity contribution is 7.25. The predicted molar refractivity (Wildman–Crippen MR) is 503 cm³/mol. The van der Waals surface area contributed by atoms with Crippen LogP contribution in [0.1, 0.15) is 25.0 Å². The first kappa shape index (κ1) is 67.1. The fourth-order valence-corrected chi connectivity index (χ4v) is 21.6. The van der Waals surface area contributed by atoms with Crippen molar-refractivity contribution in [1.29, 1.82) is 0 Å². The average Bonchev–Trinajstić information content (AvgIpc) is 1.55. The van der Waals surface area contributed by atoms with Crippen molar-refractivity contribution in [2.24, 2.45) is 0 Å². The third-order valence-electron chi connectivity index (χ3n) is 25.5. The van der Waals surface area contributed by atoms with Gasteiger partial charge in [0.15, 0.2) is 0 Å². The summed E-state index contributed by atoms with van der Waals surface area (Å²) in [5, 5.41) is 20.1. The number of aromatic nitrogens is 6. The monoisotopic (exact) mass is 1540 g/mol. The van der Waals surface area contributed by atoms with Gasteiger partial charge in [0.05, 0.1) is 88.6 Å². The zero-order valence-corrected chi connectivity index (χ0v) is 65.9. The van der Waals surface area contributed by atoms with Gasteiger partial charge in [0, 0.05) is 118 Å². The number of nitrogens with zero attached hydrogens (tertiary/aromatic N) is 6. The minimum Gasteiger partial charge on any atom is -0.456 e. The van der Waals surface area contributed by atoms with Crippen LogP contribution in [0.15, 0.2) is 405 Å². The zero-order valence-electron chi connectivity index (χ0n) is 65.1. The normalized spacial score (nSPS) is 12.7. The van der Waals surface area contributed by atoms with Crippen LogP contribution in [-0.2, 0) is 5.41 Å². The molecule has 558 valence electrons. The molecule has 0 fully saturated rings. The number of fused-ring (bicyclic) bond motifs is 27. The molecular weight excluding hydrogens is 1470 g/mol. The fourth-order valence-electron chi connectivity index (χ4n) is 20.4. The van der Waals surface area contributed by atoms with Crippen molar-refractivity contribution in [3.05, 3.63) is 412 Å². The predicted octanol–water partition coefficient (Wildman–Crippen LogP) is 30.2. The van der Waals surface area contributed by atoms with Crippen molar-refractivity contribution in [1.82, 2.24) is 27.4 Å². The van der Waals surface area contributed by atoms with Gasteiger partial charge in [-0.05, 0) is 168 Å². The van der Waals surface area contributed by atoms with E-state index in [-0.39, 0.29) is 5.41 Å². The lowest BCUT2D eigenvalue weighted by Gasteiger charge is -2.21. The van der Waals surface area contributed by atoms with Crippen LogP contribution >= 0.6 is 11.3 Å². The molecule has 8 heterocycles. The van der Waals surface area contributed by atoms with Gasteiger partial charge in [0.2, 0.25) is 0 Å². The molecule has 119 heavy (non-hydrogen) atoms. The number of para-hydroxylation sites is 10. The summed E-state index contributed by atoms with van der Waals surface area (Å²) in [5.41, 5.74) is 29.1. The molecule has 8 aromatic heterocycles. The molecule has 0 bridgehead atoms. The summed E-state index contributed by atoms with van der Waals surface area (Å²) in [6.45, 7) is 4.71. The quantitative estimate of drug-likeness (QED) is 0.164. The molecule has 18 aromatic carbocycles. The highest BCUT2D eigenvalue weighted by Crippen LogP contribution is 2.53. The van der Waals surface area contributed by atoms with Crippen LogP contribution in [0, 0.1) is 0 Å². The number of thiophene rings is 1. The molecule has 26 aromatic rings. The van der Waals surface area contributed by atoms with Gasteiger partial charge in [-0.15, -0.1) is 11.3 Å². The lowest BCUT2D eigenvalue weighted by molar-refractivity contribution is 0.660. The second kappa shape index (κ2) is 25.9. The third-order valence-corrected chi connectivity index (χ3v) is 26.6. The molecule has 0 N–H and O–H groups in total. The van der Waals surface area contributed by atoms with E-state index < -0.39 is 0 Å². The Morgan fingerprint density at radius 1 is 0.210 bits per heavy atom. The van der Waals surface area contributed by atoms with Crippen molar-refractivity contribution < 1.29 is 4.42 Å². The smallest absolute Gasteiger partial charge is 0.137 e. The maximum absolute atomic E-state index is 6.28. The Hall–Kier alpha value is -15.2. The van der Waals surface area contributed by atoms with Crippen LogP contribution < -0.4 is 0 Å². The lowest BCUT2D eigenvalue weighted by Crippen LogP contribution is -2.14. The largest absolute Gasteiger partial charge is 0.456 e. The first-order chi connectivity index (χ1) is 58.9. The zero-order chi connectivity index (χ0) is 78.3. The van der Waals surface area contributed by atoms with Gasteiger partial charge in [-0.3, -0.25) is 0 Å². The van der Waals surface area contributed by atoms with Crippen molar-refractivity contribution in [2.45, 2.75) is 19.3 Å². The molecule has 0 radical (unpaired) electrons. The van der Waals surface area contributed by atoms with E-state index in [1.807, 2.05) is 23.5 Å². The second-order valence-corrected chi connectivity index (χ2v) is 33.2. The number of hydrogen-bond acceptors (Lipinski definition) is 2. The number of rotatable bonds is 6. The molecule has 8 heteroatoms. The minimum absolute atomic E-state index is 0.0446. The molecule has 0 saturated heterocycles. The van der Waals surface area contributed by atoms with Crippen molar-refractivity contribution in [3.63, 3.8) is 0 Å². The molecule has 0 unspecified atom stereocenters. The number of hydrogen-bond donors (Lipinski definition) is 0. The van der Waals surface area contributed by atoms with Crippen LogP contribution in [0.3, 0.4) is 0 Å². The van der Waals surface area contributed by atoms with Crippen LogP contribution in [0.5, 0.6) is 0 Å². The first-order valence-corrected chi connectivity index (χ1v) is 41.8. The standard InChI is InChI=1S/C39H28N2.C36H22N2O.C36H22N2S/c1-39(2)31-18-9-6-17-28(31)38-32(39)19-12-22-35(38)41-34-21-11-8-16-27(34)30-23-36-29(24-37(30)41)26-15-7-10-20-33(26)40(36)25-13-4-3-5-14-25;2*1-2-11-23(12-3-1)37-29-16-7-4-13-24(29)27-22-33-28(21-32(27)37)25-14-5-8-17-30(25)38(33)31-18-10-20-35-36(31)26-15-6-9-19-34(26)39-35/h3-24H,1-2H3;2*1-22H. The fraction of sp³-hybridized carbons (Fsp3) is 0.0270. The van der Waals surface area contributed by atoms with E-state index in [2.05, 4.69) is 429 Å². The molecule has 0 aliphatic heterocycles. The summed E-state index contributed by atoms with van der Waals surface area (Å²) in [4.78, 5) is 0.